The second-order valence-corrected chi connectivity index (χ2v) is 3.99. The van der Waals surface area contributed by atoms with Crippen molar-refractivity contribution in [2.24, 2.45) is 0 Å². The number of hydrogen-bond donors (Lipinski definition) is 0. The molecule has 3 nitrogen and oxygen atoms in total. The first-order chi connectivity index (χ1) is 7.22. The molecular weight excluding hydrogens is 214 g/mol. The molecule has 1 aliphatic rings. The molecule has 2 rings (SSSR count). The zero-order chi connectivity index (χ0) is 10.8. The van der Waals surface area contributed by atoms with Crippen LogP contribution in [0.25, 0.3) is 0 Å². The Kier molecular flexibility index (Phi) is 2.91. The Hall–Kier alpha value is -1.09. The highest BCUT2D eigenvalue weighted by Crippen LogP contribution is 2.24. The van der Waals surface area contributed by atoms with Gasteiger partial charge in [-0.05, 0) is 37.3 Å². The van der Waals surface area contributed by atoms with Crippen molar-refractivity contribution in [3.8, 4) is 0 Å². The van der Waals surface area contributed by atoms with Gasteiger partial charge in [-0.1, -0.05) is 11.6 Å². The third kappa shape index (κ3) is 1.97. The van der Waals surface area contributed by atoms with Crippen molar-refractivity contribution in [1.29, 1.82) is 0 Å². The zero-order valence-corrected chi connectivity index (χ0v) is 9.30. The lowest BCUT2D eigenvalue weighted by molar-refractivity contribution is 0.0600. The van der Waals surface area contributed by atoms with E-state index in [0.29, 0.717) is 5.56 Å². The highest BCUT2D eigenvalue weighted by Gasteiger charge is 2.18. The van der Waals surface area contributed by atoms with Crippen molar-refractivity contribution in [1.82, 2.24) is 4.98 Å². The third-order valence-electron chi connectivity index (χ3n) is 2.66. The van der Waals surface area contributed by atoms with E-state index in [-0.39, 0.29) is 5.15 Å². The average molecular weight is 226 g/mol. The van der Waals surface area contributed by atoms with Crippen molar-refractivity contribution < 1.29 is 9.53 Å². The summed E-state index contributed by atoms with van der Waals surface area (Å²) in [6, 6.07) is 1.82. The molecule has 15 heavy (non-hydrogen) atoms. The fourth-order valence-corrected chi connectivity index (χ4v) is 2.10. The molecule has 0 saturated carbocycles. The molecule has 4 heteroatoms. The van der Waals surface area contributed by atoms with Gasteiger partial charge in [0.25, 0.3) is 0 Å². The molecule has 0 aromatic carbocycles. The van der Waals surface area contributed by atoms with Crippen molar-refractivity contribution >= 4 is 17.6 Å². The van der Waals surface area contributed by atoms with E-state index in [9.17, 15) is 4.79 Å². The quantitative estimate of drug-likeness (QED) is 0.544. The maximum Gasteiger partial charge on any atom is 0.341 e. The maximum absolute atomic E-state index is 11.4. The minimum atomic E-state index is -0.416. The largest absolute Gasteiger partial charge is 0.465 e. The van der Waals surface area contributed by atoms with E-state index < -0.39 is 5.97 Å². The fourth-order valence-electron chi connectivity index (χ4n) is 1.86. The van der Waals surface area contributed by atoms with Crippen LogP contribution < -0.4 is 0 Å². The topological polar surface area (TPSA) is 39.2 Å². The van der Waals surface area contributed by atoms with Crippen LogP contribution in [0, 0.1) is 0 Å². The van der Waals surface area contributed by atoms with Crippen LogP contribution in [0.2, 0.25) is 5.15 Å². The van der Waals surface area contributed by atoms with Gasteiger partial charge in [0.15, 0.2) is 0 Å². The molecule has 0 atom stereocenters. The standard InChI is InChI=1S/C11H12ClNO2/c1-15-11(14)8-6-7-4-2-3-5-9(7)13-10(8)12/h6H,2-5H2,1H3. The fraction of sp³-hybridized carbons (Fsp3) is 0.455. The molecular formula is C11H12ClNO2. The second-order valence-electron chi connectivity index (χ2n) is 3.63. The molecule has 0 amide bonds. The van der Waals surface area contributed by atoms with E-state index in [2.05, 4.69) is 9.72 Å². The van der Waals surface area contributed by atoms with Gasteiger partial charge in [-0.15, -0.1) is 0 Å². The van der Waals surface area contributed by atoms with Crippen molar-refractivity contribution in [3.63, 3.8) is 0 Å². The number of fused-ring (bicyclic) bond motifs is 1. The van der Waals surface area contributed by atoms with Crippen LogP contribution in [0.15, 0.2) is 6.07 Å². The summed E-state index contributed by atoms with van der Waals surface area (Å²) in [7, 11) is 1.35. The number of esters is 1. The van der Waals surface area contributed by atoms with Gasteiger partial charge in [-0.3, -0.25) is 0 Å². The Morgan fingerprint density at radius 2 is 2.20 bits per heavy atom. The van der Waals surface area contributed by atoms with Crippen LogP contribution in [0.3, 0.4) is 0 Å². The number of aryl methyl sites for hydroxylation is 2. The number of ether oxygens (including phenoxy) is 1. The predicted octanol–water partition coefficient (Wildman–Crippen LogP) is 2.40. The maximum atomic E-state index is 11.4. The number of carbonyl (C=O) groups excluding carboxylic acids is 1. The molecule has 0 aliphatic heterocycles. The summed E-state index contributed by atoms with van der Waals surface area (Å²) >= 11 is 5.92. The molecule has 0 bridgehead atoms. The number of rotatable bonds is 1. The molecule has 0 fully saturated rings. The first-order valence-electron chi connectivity index (χ1n) is 4.99. The number of aromatic nitrogens is 1. The molecule has 0 unspecified atom stereocenters. The third-order valence-corrected chi connectivity index (χ3v) is 2.95. The molecule has 80 valence electrons. The molecule has 1 aliphatic carbocycles. The molecule has 1 aromatic rings. The molecule has 0 radical (unpaired) electrons. The van der Waals surface area contributed by atoms with Gasteiger partial charge in [-0.2, -0.15) is 0 Å². The molecule has 0 N–H and O–H groups in total. The average Bonchev–Trinajstić information content (AvgIpc) is 2.27. The van der Waals surface area contributed by atoms with Gasteiger partial charge in [0.2, 0.25) is 0 Å². The van der Waals surface area contributed by atoms with Crippen LogP contribution in [0.4, 0.5) is 0 Å². The van der Waals surface area contributed by atoms with E-state index >= 15 is 0 Å². The lowest BCUT2D eigenvalue weighted by Gasteiger charge is -2.15. The Morgan fingerprint density at radius 3 is 2.93 bits per heavy atom. The van der Waals surface area contributed by atoms with E-state index in [1.54, 1.807) is 0 Å². The van der Waals surface area contributed by atoms with E-state index in [4.69, 9.17) is 11.6 Å². The van der Waals surface area contributed by atoms with Gasteiger partial charge in [-0.25, -0.2) is 9.78 Å². The SMILES string of the molecule is COC(=O)c1cc2c(nc1Cl)CCCC2. The predicted molar refractivity (Wildman–Crippen MR) is 57.2 cm³/mol. The lowest BCUT2D eigenvalue weighted by Crippen LogP contribution is -2.10. The van der Waals surface area contributed by atoms with Crippen LogP contribution >= 0.6 is 11.6 Å². The summed E-state index contributed by atoms with van der Waals surface area (Å²) in [6.45, 7) is 0. The summed E-state index contributed by atoms with van der Waals surface area (Å²) in [6.07, 6.45) is 4.23. The van der Waals surface area contributed by atoms with Crippen LogP contribution in [0.1, 0.15) is 34.5 Å². The van der Waals surface area contributed by atoms with Gasteiger partial charge in [0.05, 0.1) is 12.7 Å². The number of methoxy groups -OCH3 is 1. The van der Waals surface area contributed by atoms with Gasteiger partial charge in [0.1, 0.15) is 5.15 Å². The minimum absolute atomic E-state index is 0.252. The van der Waals surface area contributed by atoms with Crippen LogP contribution in [-0.2, 0) is 17.6 Å². The Balaban J connectivity index is 2.44. The van der Waals surface area contributed by atoms with Crippen molar-refractivity contribution in [3.05, 3.63) is 28.0 Å². The Morgan fingerprint density at radius 1 is 1.47 bits per heavy atom. The highest BCUT2D eigenvalue weighted by molar-refractivity contribution is 6.32. The zero-order valence-electron chi connectivity index (χ0n) is 8.55. The first kappa shape index (κ1) is 10.4. The summed E-state index contributed by atoms with van der Waals surface area (Å²) in [5.74, 6) is -0.416. The number of nitrogens with zero attached hydrogens (tertiary/aromatic N) is 1. The van der Waals surface area contributed by atoms with Crippen LogP contribution in [-0.4, -0.2) is 18.1 Å². The minimum Gasteiger partial charge on any atom is -0.465 e. The second kappa shape index (κ2) is 4.19. The summed E-state index contributed by atoms with van der Waals surface area (Å²) in [5.41, 5.74) is 2.53. The Labute approximate surface area is 93.4 Å². The highest BCUT2D eigenvalue weighted by atomic mass is 35.5. The monoisotopic (exact) mass is 225 g/mol. The molecule has 1 aromatic heterocycles. The van der Waals surface area contributed by atoms with Gasteiger partial charge >= 0.3 is 5.97 Å². The van der Waals surface area contributed by atoms with E-state index in [1.807, 2.05) is 6.07 Å². The van der Waals surface area contributed by atoms with E-state index in [1.165, 1.54) is 7.11 Å². The van der Waals surface area contributed by atoms with Gasteiger partial charge < -0.3 is 4.74 Å². The van der Waals surface area contributed by atoms with Crippen molar-refractivity contribution in [2.75, 3.05) is 7.11 Å². The number of hydrogen-bond acceptors (Lipinski definition) is 3. The normalized spacial score (nSPS) is 14.5. The number of carbonyl (C=O) groups is 1. The smallest absolute Gasteiger partial charge is 0.341 e. The Bertz CT molecular complexity index is 404. The number of halogens is 1. The summed E-state index contributed by atoms with van der Waals surface area (Å²) in [4.78, 5) is 15.6. The number of pyridine rings is 1. The summed E-state index contributed by atoms with van der Waals surface area (Å²) < 4.78 is 4.64. The molecule has 1 heterocycles. The summed E-state index contributed by atoms with van der Waals surface area (Å²) in [5, 5.41) is 0.252. The van der Waals surface area contributed by atoms with Gasteiger partial charge in [0, 0.05) is 5.69 Å². The van der Waals surface area contributed by atoms with E-state index in [0.717, 1.165) is 36.9 Å². The first-order valence-corrected chi connectivity index (χ1v) is 5.37. The van der Waals surface area contributed by atoms with Crippen LogP contribution in [0.5, 0.6) is 0 Å². The lowest BCUT2D eigenvalue weighted by atomic mass is 9.95. The molecule has 0 spiro atoms. The molecule has 0 saturated heterocycles. The van der Waals surface area contributed by atoms with Crippen molar-refractivity contribution in [2.45, 2.75) is 25.7 Å².